The molecule has 0 unspecified atom stereocenters. The molecule has 2 rings (SSSR count). The second kappa shape index (κ2) is 7.00. The summed E-state index contributed by atoms with van der Waals surface area (Å²) in [5.41, 5.74) is 0.745. The molecule has 6 heteroatoms. The maximum absolute atomic E-state index is 13.8. The zero-order valence-electron chi connectivity index (χ0n) is 12.7. The summed E-state index contributed by atoms with van der Waals surface area (Å²) < 4.78 is 32.4. The minimum absolute atomic E-state index is 0.0986. The minimum Gasteiger partial charge on any atom is -0.488 e. The first kappa shape index (κ1) is 16.6. The summed E-state index contributed by atoms with van der Waals surface area (Å²) >= 11 is 0. The third-order valence-electron chi connectivity index (χ3n) is 3.10. The number of Topliss-reactive ketones (excluding diaryl/α,β-unsaturated/α-hetero) is 1. The predicted molar refractivity (Wildman–Crippen MR) is 81.9 cm³/mol. The number of carbonyl (C=O) groups is 2. The fraction of sp³-hybridized carbons (Fsp3) is 0.176. The maximum Gasteiger partial charge on any atom is 0.255 e. The Labute approximate surface area is 132 Å². The third kappa shape index (κ3) is 3.91. The lowest BCUT2D eigenvalue weighted by Gasteiger charge is -2.09. The van der Waals surface area contributed by atoms with Crippen molar-refractivity contribution >= 4 is 17.4 Å². The lowest BCUT2D eigenvalue weighted by atomic mass is 10.1. The molecule has 0 saturated heterocycles. The van der Waals surface area contributed by atoms with Gasteiger partial charge in [0.05, 0.1) is 6.61 Å². The van der Waals surface area contributed by atoms with Crippen molar-refractivity contribution < 1.29 is 23.1 Å². The van der Waals surface area contributed by atoms with Crippen LogP contribution in [-0.4, -0.2) is 18.3 Å². The highest BCUT2D eigenvalue weighted by atomic mass is 19.1. The van der Waals surface area contributed by atoms with Crippen molar-refractivity contribution in [2.24, 2.45) is 0 Å². The molecule has 23 heavy (non-hydrogen) atoms. The zero-order valence-corrected chi connectivity index (χ0v) is 12.7. The number of ether oxygens (including phenoxy) is 1. The van der Waals surface area contributed by atoms with Gasteiger partial charge in [-0.2, -0.15) is 0 Å². The van der Waals surface area contributed by atoms with Gasteiger partial charge in [0.1, 0.15) is 0 Å². The average molecular weight is 319 g/mol. The van der Waals surface area contributed by atoms with Crippen molar-refractivity contribution in [2.75, 3.05) is 11.9 Å². The van der Waals surface area contributed by atoms with Crippen LogP contribution in [0.25, 0.3) is 0 Å². The number of nitrogens with one attached hydrogen (secondary N) is 1. The molecule has 0 radical (unpaired) electrons. The van der Waals surface area contributed by atoms with Crippen molar-refractivity contribution in [1.29, 1.82) is 0 Å². The van der Waals surface area contributed by atoms with Crippen molar-refractivity contribution in [3.8, 4) is 5.75 Å². The van der Waals surface area contributed by atoms with Crippen molar-refractivity contribution in [3.05, 3.63) is 59.2 Å². The van der Waals surface area contributed by atoms with Gasteiger partial charge in [-0.05, 0) is 50.2 Å². The number of hydrogen-bond acceptors (Lipinski definition) is 3. The van der Waals surface area contributed by atoms with E-state index in [4.69, 9.17) is 4.74 Å². The number of rotatable bonds is 5. The molecular formula is C17H15F2NO3. The summed E-state index contributed by atoms with van der Waals surface area (Å²) in [7, 11) is 0. The molecule has 0 atom stereocenters. The lowest BCUT2D eigenvalue weighted by molar-refractivity contribution is 0.101. The standard InChI is InChI=1S/C17H15F2NO3/c1-3-23-16-14(18)8-12(9-15(16)19)17(22)20-13-6-4-11(5-7-13)10(2)21/h4-9H,3H2,1-2H3,(H,20,22). The molecule has 4 nitrogen and oxygen atoms in total. The second-order valence-electron chi connectivity index (χ2n) is 4.79. The molecule has 0 aliphatic rings. The van der Waals surface area contributed by atoms with E-state index in [-0.39, 0.29) is 18.0 Å². The van der Waals surface area contributed by atoms with Gasteiger partial charge in [0, 0.05) is 16.8 Å². The predicted octanol–water partition coefficient (Wildman–Crippen LogP) is 3.82. The Morgan fingerprint density at radius 1 is 1.04 bits per heavy atom. The first-order valence-electron chi connectivity index (χ1n) is 6.96. The molecule has 2 aromatic rings. The Balaban J connectivity index is 2.19. The van der Waals surface area contributed by atoms with Crippen LogP contribution in [0.15, 0.2) is 36.4 Å². The van der Waals surface area contributed by atoms with Gasteiger partial charge >= 0.3 is 0 Å². The van der Waals surface area contributed by atoms with Gasteiger partial charge in [0.15, 0.2) is 23.2 Å². The van der Waals surface area contributed by atoms with Crippen LogP contribution in [0.4, 0.5) is 14.5 Å². The largest absolute Gasteiger partial charge is 0.488 e. The summed E-state index contributed by atoms with van der Waals surface area (Å²) in [6, 6.07) is 8.00. The Kier molecular flexibility index (Phi) is 5.05. The van der Waals surface area contributed by atoms with E-state index < -0.39 is 23.3 Å². The SMILES string of the molecule is CCOc1c(F)cc(C(=O)Nc2ccc(C(C)=O)cc2)cc1F. The van der Waals surface area contributed by atoms with E-state index in [0.717, 1.165) is 12.1 Å². The van der Waals surface area contributed by atoms with E-state index in [1.165, 1.54) is 19.1 Å². The van der Waals surface area contributed by atoms with E-state index in [1.54, 1.807) is 19.1 Å². The van der Waals surface area contributed by atoms with Gasteiger partial charge in [0.25, 0.3) is 5.91 Å². The molecule has 0 heterocycles. The Morgan fingerprint density at radius 2 is 1.61 bits per heavy atom. The molecule has 0 aromatic heterocycles. The summed E-state index contributed by atoms with van der Waals surface area (Å²) in [5.74, 6) is -3.15. The Morgan fingerprint density at radius 3 is 2.09 bits per heavy atom. The number of anilines is 1. The van der Waals surface area contributed by atoms with Gasteiger partial charge in [-0.1, -0.05) is 0 Å². The van der Waals surface area contributed by atoms with Crippen LogP contribution >= 0.6 is 0 Å². The van der Waals surface area contributed by atoms with Gasteiger partial charge in [-0.15, -0.1) is 0 Å². The van der Waals surface area contributed by atoms with E-state index in [2.05, 4.69) is 5.32 Å². The zero-order chi connectivity index (χ0) is 17.0. The molecule has 0 bridgehead atoms. The van der Waals surface area contributed by atoms with Crippen molar-refractivity contribution in [2.45, 2.75) is 13.8 Å². The molecule has 0 spiro atoms. The monoisotopic (exact) mass is 319 g/mol. The van der Waals surface area contributed by atoms with E-state index in [9.17, 15) is 18.4 Å². The summed E-state index contributed by atoms with van der Waals surface area (Å²) in [6.45, 7) is 3.14. The number of hydrogen-bond donors (Lipinski definition) is 1. The number of carbonyl (C=O) groups excluding carboxylic acids is 2. The van der Waals surface area contributed by atoms with Crippen LogP contribution in [0, 0.1) is 11.6 Å². The maximum atomic E-state index is 13.8. The molecule has 0 saturated carbocycles. The number of halogens is 2. The van der Waals surface area contributed by atoms with Gasteiger partial charge in [0.2, 0.25) is 0 Å². The molecule has 0 aliphatic heterocycles. The summed E-state index contributed by atoms with van der Waals surface area (Å²) in [5, 5.41) is 2.51. The van der Waals surface area contributed by atoms with Gasteiger partial charge in [-0.3, -0.25) is 9.59 Å². The van der Waals surface area contributed by atoms with E-state index >= 15 is 0 Å². The number of amides is 1. The highest BCUT2D eigenvalue weighted by Crippen LogP contribution is 2.24. The van der Waals surface area contributed by atoms with E-state index in [0.29, 0.717) is 11.3 Å². The normalized spacial score (nSPS) is 10.3. The molecule has 0 fully saturated rings. The molecule has 120 valence electrons. The molecule has 0 aliphatic carbocycles. The van der Waals surface area contributed by atoms with Crippen LogP contribution in [-0.2, 0) is 0 Å². The second-order valence-corrected chi connectivity index (χ2v) is 4.79. The quantitative estimate of drug-likeness (QED) is 0.852. The Bertz CT molecular complexity index is 719. The fourth-order valence-electron chi connectivity index (χ4n) is 1.96. The highest BCUT2D eigenvalue weighted by molar-refractivity contribution is 6.04. The molecule has 1 N–H and O–H groups in total. The van der Waals surface area contributed by atoms with Crippen molar-refractivity contribution in [3.63, 3.8) is 0 Å². The van der Waals surface area contributed by atoms with Gasteiger partial charge < -0.3 is 10.1 Å². The van der Waals surface area contributed by atoms with Crippen LogP contribution < -0.4 is 10.1 Å². The number of ketones is 1. The summed E-state index contributed by atoms with van der Waals surface area (Å²) in [6.07, 6.45) is 0. The molecule has 1 amide bonds. The van der Waals surface area contributed by atoms with Crippen molar-refractivity contribution in [1.82, 2.24) is 0 Å². The van der Waals surface area contributed by atoms with Crippen LogP contribution in [0.3, 0.4) is 0 Å². The third-order valence-corrected chi connectivity index (χ3v) is 3.10. The number of benzene rings is 2. The minimum atomic E-state index is -0.941. The Hall–Kier alpha value is -2.76. The topological polar surface area (TPSA) is 55.4 Å². The summed E-state index contributed by atoms with van der Waals surface area (Å²) in [4.78, 5) is 23.2. The van der Waals surface area contributed by atoms with Crippen LogP contribution in [0.5, 0.6) is 5.75 Å². The molecular weight excluding hydrogens is 304 g/mol. The van der Waals surface area contributed by atoms with E-state index in [1.807, 2.05) is 0 Å². The first-order chi connectivity index (χ1) is 10.9. The first-order valence-corrected chi connectivity index (χ1v) is 6.96. The fourth-order valence-corrected chi connectivity index (χ4v) is 1.96. The van der Waals surface area contributed by atoms with Crippen LogP contribution in [0.1, 0.15) is 34.6 Å². The lowest BCUT2D eigenvalue weighted by Crippen LogP contribution is -2.13. The average Bonchev–Trinajstić information content (AvgIpc) is 2.51. The van der Waals surface area contributed by atoms with Gasteiger partial charge in [-0.25, -0.2) is 8.78 Å². The molecule has 2 aromatic carbocycles. The smallest absolute Gasteiger partial charge is 0.255 e. The highest BCUT2D eigenvalue weighted by Gasteiger charge is 2.16. The van der Waals surface area contributed by atoms with Crippen LogP contribution in [0.2, 0.25) is 0 Å².